The van der Waals surface area contributed by atoms with E-state index in [-0.39, 0.29) is 11.3 Å². The molecule has 0 radical (unpaired) electrons. The second kappa shape index (κ2) is 4.69. The van der Waals surface area contributed by atoms with Gasteiger partial charge in [0.2, 0.25) is 0 Å². The van der Waals surface area contributed by atoms with Crippen LogP contribution in [0, 0.1) is 5.82 Å². The number of aliphatic hydroxyl groups excluding tert-OH is 1. The highest BCUT2D eigenvalue weighted by atomic mass is 79.9. The van der Waals surface area contributed by atoms with Crippen LogP contribution < -0.4 is 0 Å². The molecular weight excluding hydrogens is 343 g/mol. The van der Waals surface area contributed by atoms with Gasteiger partial charge < -0.3 is 9.52 Å². The fourth-order valence-corrected chi connectivity index (χ4v) is 2.16. The molecule has 0 saturated carbocycles. The fraction of sp³-hybridized carbons (Fsp3) is 0.0909. The van der Waals surface area contributed by atoms with Gasteiger partial charge in [-0.2, -0.15) is 0 Å². The van der Waals surface area contributed by atoms with Gasteiger partial charge in [0.1, 0.15) is 11.9 Å². The quantitative estimate of drug-likeness (QED) is 0.888. The van der Waals surface area contributed by atoms with Crippen molar-refractivity contribution in [2.24, 2.45) is 0 Å². The number of hydrogen-bond acceptors (Lipinski definition) is 2. The Morgan fingerprint density at radius 3 is 2.62 bits per heavy atom. The van der Waals surface area contributed by atoms with Crippen LogP contribution in [-0.4, -0.2) is 5.11 Å². The summed E-state index contributed by atoms with van der Waals surface area (Å²) in [5.41, 5.74) is 0.171. The Morgan fingerprint density at radius 2 is 2.00 bits per heavy atom. The minimum Gasteiger partial charge on any atom is -0.465 e. The smallest absolute Gasteiger partial charge is 0.151 e. The number of rotatable bonds is 2. The Kier molecular flexibility index (Phi) is 3.47. The van der Waals surface area contributed by atoms with E-state index in [0.717, 1.165) is 0 Å². The lowest BCUT2D eigenvalue weighted by molar-refractivity contribution is 0.183. The van der Waals surface area contributed by atoms with Crippen molar-refractivity contribution in [2.75, 3.05) is 0 Å². The van der Waals surface area contributed by atoms with Gasteiger partial charge in [-0.25, -0.2) is 4.39 Å². The van der Waals surface area contributed by atoms with Crippen LogP contribution in [0.5, 0.6) is 0 Å². The minimum atomic E-state index is -1.12. The summed E-state index contributed by atoms with van der Waals surface area (Å²) in [4.78, 5) is 0. The molecule has 2 nitrogen and oxygen atoms in total. The molecule has 1 N–H and O–H groups in total. The van der Waals surface area contributed by atoms with Crippen LogP contribution in [0.1, 0.15) is 17.4 Å². The summed E-state index contributed by atoms with van der Waals surface area (Å²) in [5.74, 6) is -0.184. The van der Waals surface area contributed by atoms with Gasteiger partial charge in [-0.1, -0.05) is 15.9 Å². The van der Waals surface area contributed by atoms with Crippen LogP contribution in [0.3, 0.4) is 0 Å². The molecule has 1 aromatic heterocycles. The summed E-state index contributed by atoms with van der Waals surface area (Å²) in [6.45, 7) is 0. The van der Waals surface area contributed by atoms with Gasteiger partial charge in [-0.3, -0.25) is 0 Å². The molecule has 1 heterocycles. The number of furan rings is 1. The van der Waals surface area contributed by atoms with Crippen molar-refractivity contribution in [1.29, 1.82) is 0 Å². The van der Waals surface area contributed by atoms with Crippen molar-refractivity contribution in [3.8, 4) is 0 Å². The first kappa shape index (κ1) is 11.8. The standard InChI is InChI=1S/C11H7Br2FO2/c12-6-1-2-9(14)7(5-6)10(15)11-8(13)3-4-16-11/h1-5,10,15H. The SMILES string of the molecule is OC(c1cc(Br)ccc1F)c1occc1Br. The molecule has 0 bridgehead atoms. The lowest BCUT2D eigenvalue weighted by atomic mass is 10.1. The van der Waals surface area contributed by atoms with E-state index in [9.17, 15) is 9.50 Å². The summed E-state index contributed by atoms with van der Waals surface area (Å²) < 4.78 is 19.9. The molecule has 0 amide bonds. The van der Waals surface area contributed by atoms with Crippen molar-refractivity contribution in [3.63, 3.8) is 0 Å². The molecule has 0 aliphatic rings. The monoisotopic (exact) mass is 348 g/mol. The summed E-state index contributed by atoms with van der Waals surface area (Å²) in [7, 11) is 0. The summed E-state index contributed by atoms with van der Waals surface area (Å²) in [6, 6.07) is 6.03. The average Bonchev–Trinajstić information content (AvgIpc) is 2.67. The molecule has 84 valence electrons. The molecular formula is C11H7Br2FO2. The Balaban J connectivity index is 2.45. The van der Waals surface area contributed by atoms with E-state index in [1.165, 1.54) is 18.4 Å². The van der Waals surface area contributed by atoms with E-state index in [1.54, 1.807) is 12.1 Å². The molecule has 0 aliphatic carbocycles. The Hall–Kier alpha value is -0.650. The molecule has 16 heavy (non-hydrogen) atoms. The Bertz CT molecular complexity index is 510. The largest absolute Gasteiger partial charge is 0.465 e. The molecule has 5 heteroatoms. The van der Waals surface area contributed by atoms with Gasteiger partial charge in [-0.15, -0.1) is 0 Å². The van der Waals surface area contributed by atoms with Gasteiger partial charge in [0, 0.05) is 10.0 Å². The number of benzene rings is 1. The zero-order chi connectivity index (χ0) is 11.7. The van der Waals surface area contributed by atoms with E-state index in [1.807, 2.05) is 0 Å². The maximum Gasteiger partial charge on any atom is 0.151 e. The van der Waals surface area contributed by atoms with E-state index in [2.05, 4.69) is 31.9 Å². The fourth-order valence-electron chi connectivity index (χ4n) is 1.37. The van der Waals surface area contributed by atoms with E-state index in [0.29, 0.717) is 8.95 Å². The second-order valence-corrected chi connectivity index (χ2v) is 4.97. The van der Waals surface area contributed by atoms with Crippen LogP contribution in [-0.2, 0) is 0 Å². The lowest BCUT2D eigenvalue weighted by Gasteiger charge is -2.10. The maximum atomic E-state index is 13.5. The summed E-state index contributed by atoms with van der Waals surface area (Å²) in [6.07, 6.45) is 0.306. The van der Waals surface area contributed by atoms with Crippen LogP contribution in [0.4, 0.5) is 4.39 Å². The highest BCUT2D eigenvalue weighted by Crippen LogP contribution is 2.31. The molecule has 0 fully saturated rings. The first-order valence-corrected chi connectivity index (χ1v) is 6.04. The van der Waals surface area contributed by atoms with Crippen molar-refractivity contribution in [3.05, 3.63) is 56.6 Å². The summed E-state index contributed by atoms with van der Waals surface area (Å²) >= 11 is 6.45. The molecule has 1 aromatic carbocycles. The molecule has 1 atom stereocenters. The lowest BCUT2D eigenvalue weighted by Crippen LogP contribution is -2.02. The van der Waals surface area contributed by atoms with E-state index in [4.69, 9.17) is 4.42 Å². The molecule has 0 saturated heterocycles. The maximum absolute atomic E-state index is 13.5. The Labute approximate surface area is 108 Å². The molecule has 2 rings (SSSR count). The first-order valence-electron chi connectivity index (χ1n) is 4.45. The minimum absolute atomic E-state index is 0.171. The van der Waals surface area contributed by atoms with Crippen LogP contribution in [0.2, 0.25) is 0 Å². The van der Waals surface area contributed by atoms with Crippen LogP contribution in [0.15, 0.2) is 43.9 Å². The number of hydrogen-bond donors (Lipinski definition) is 1. The zero-order valence-corrected chi connectivity index (χ0v) is 11.1. The van der Waals surface area contributed by atoms with Gasteiger partial charge >= 0.3 is 0 Å². The zero-order valence-electron chi connectivity index (χ0n) is 7.95. The highest BCUT2D eigenvalue weighted by molar-refractivity contribution is 9.10. The van der Waals surface area contributed by atoms with Crippen molar-refractivity contribution in [1.82, 2.24) is 0 Å². The summed E-state index contributed by atoms with van der Waals surface area (Å²) in [5, 5.41) is 9.98. The van der Waals surface area contributed by atoms with Crippen LogP contribution in [0.25, 0.3) is 0 Å². The third kappa shape index (κ3) is 2.21. The second-order valence-electron chi connectivity index (χ2n) is 3.20. The first-order chi connectivity index (χ1) is 7.59. The predicted molar refractivity (Wildman–Crippen MR) is 64.6 cm³/mol. The van der Waals surface area contributed by atoms with Gasteiger partial charge in [0.15, 0.2) is 5.76 Å². The van der Waals surface area contributed by atoms with Gasteiger partial charge in [-0.05, 0) is 40.2 Å². The number of halogens is 3. The normalized spacial score (nSPS) is 12.8. The van der Waals surface area contributed by atoms with Gasteiger partial charge in [0.05, 0.1) is 10.7 Å². The number of aliphatic hydroxyl groups is 1. The third-order valence-electron chi connectivity index (χ3n) is 2.15. The topological polar surface area (TPSA) is 33.4 Å². The molecule has 1 unspecified atom stereocenters. The average molecular weight is 350 g/mol. The van der Waals surface area contributed by atoms with Crippen molar-refractivity contribution >= 4 is 31.9 Å². The molecule has 2 aromatic rings. The van der Waals surface area contributed by atoms with E-state index >= 15 is 0 Å². The van der Waals surface area contributed by atoms with E-state index < -0.39 is 11.9 Å². The third-order valence-corrected chi connectivity index (χ3v) is 3.29. The molecule has 0 spiro atoms. The van der Waals surface area contributed by atoms with Crippen molar-refractivity contribution in [2.45, 2.75) is 6.10 Å². The predicted octanol–water partition coefficient (Wildman–Crippen LogP) is 4.03. The van der Waals surface area contributed by atoms with Gasteiger partial charge in [0.25, 0.3) is 0 Å². The Morgan fingerprint density at radius 1 is 1.25 bits per heavy atom. The highest BCUT2D eigenvalue weighted by Gasteiger charge is 2.20. The van der Waals surface area contributed by atoms with Crippen LogP contribution >= 0.6 is 31.9 Å². The molecule has 0 aliphatic heterocycles. The van der Waals surface area contributed by atoms with Crippen molar-refractivity contribution < 1.29 is 13.9 Å².